The minimum Gasteiger partial charge on any atom is -0.467 e. The lowest BCUT2D eigenvalue weighted by molar-refractivity contribution is -0.144. The van der Waals surface area contributed by atoms with Gasteiger partial charge in [-0.1, -0.05) is 19.1 Å². The summed E-state index contributed by atoms with van der Waals surface area (Å²) in [6.45, 7) is 1.95. The summed E-state index contributed by atoms with van der Waals surface area (Å²) in [4.78, 5) is 16.3. The van der Waals surface area contributed by atoms with Crippen molar-refractivity contribution < 1.29 is 9.53 Å². The van der Waals surface area contributed by atoms with Gasteiger partial charge in [0.1, 0.15) is 6.04 Å². The number of carbonyl (C=O) groups is 1. The summed E-state index contributed by atoms with van der Waals surface area (Å²) >= 11 is 0. The predicted molar refractivity (Wildman–Crippen MR) is 70.6 cm³/mol. The molecule has 96 valence electrons. The van der Waals surface area contributed by atoms with E-state index in [-0.39, 0.29) is 12.0 Å². The maximum Gasteiger partial charge on any atom is 0.328 e. The average molecular weight is 247 g/mol. The van der Waals surface area contributed by atoms with Crippen LogP contribution in [-0.4, -0.2) is 29.7 Å². The maximum absolute atomic E-state index is 11.9. The Hall–Kier alpha value is -2.04. The summed E-state index contributed by atoms with van der Waals surface area (Å²) in [6.07, 6.45) is 0.654. The van der Waals surface area contributed by atoms with E-state index in [4.69, 9.17) is 4.74 Å². The molecule has 1 N–H and O–H groups in total. The Bertz CT molecular complexity index is 562. The lowest BCUT2D eigenvalue weighted by Crippen LogP contribution is -2.21. The minimum absolute atomic E-state index is 0.253. The summed E-state index contributed by atoms with van der Waals surface area (Å²) in [6, 6.07) is 7.39. The third kappa shape index (κ3) is 1.92. The lowest BCUT2D eigenvalue weighted by Gasteiger charge is -2.17. The Morgan fingerprint density at radius 3 is 2.83 bits per heavy atom. The number of imidazole rings is 1. The number of aromatic nitrogens is 2. The average Bonchev–Trinajstić information content (AvgIpc) is 2.78. The van der Waals surface area contributed by atoms with E-state index in [9.17, 15) is 4.79 Å². The molecule has 2 aromatic rings. The highest BCUT2D eigenvalue weighted by Crippen LogP contribution is 2.26. The molecular weight excluding hydrogens is 230 g/mol. The molecule has 0 amide bonds. The molecule has 0 aliphatic heterocycles. The van der Waals surface area contributed by atoms with Gasteiger partial charge < -0.3 is 10.1 Å². The predicted octanol–water partition coefficient (Wildman–Crippen LogP) is 2.20. The van der Waals surface area contributed by atoms with Crippen LogP contribution in [-0.2, 0) is 9.53 Å². The molecule has 1 aromatic heterocycles. The smallest absolute Gasteiger partial charge is 0.328 e. The molecular formula is C13H17N3O2. The molecule has 0 bridgehead atoms. The van der Waals surface area contributed by atoms with E-state index in [1.165, 1.54) is 7.11 Å². The topological polar surface area (TPSA) is 56.1 Å². The van der Waals surface area contributed by atoms with E-state index >= 15 is 0 Å². The fourth-order valence-electron chi connectivity index (χ4n) is 2.13. The molecule has 0 saturated carbocycles. The van der Waals surface area contributed by atoms with Gasteiger partial charge in [-0.3, -0.25) is 4.57 Å². The van der Waals surface area contributed by atoms with E-state index in [2.05, 4.69) is 10.3 Å². The highest BCUT2D eigenvalue weighted by Gasteiger charge is 2.24. The van der Waals surface area contributed by atoms with Gasteiger partial charge in [0.05, 0.1) is 18.1 Å². The van der Waals surface area contributed by atoms with E-state index in [1.807, 2.05) is 35.8 Å². The quantitative estimate of drug-likeness (QED) is 0.841. The highest BCUT2D eigenvalue weighted by molar-refractivity contribution is 5.83. The van der Waals surface area contributed by atoms with Crippen molar-refractivity contribution in [2.75, 3.05) is 19.5 Å². The van der Waals surface area contributed by atoms with E-state index in [0.717, 1.165) is 11.0 Å². The molecule has 1 aromatic carbocycles. The van der Waals surface area contributed by atoms with Crippen LogP contribution >= 0.6 is 0 Å². The van der Waals surface area contributed by atoms with Gasteiger partial charge in [-0.2, -0.15) is 0 Å². The number of rotatable bonds is 4. The van der Waals surface area contributed by atoms with Crippen LogP contribution in [0.1, 0.15) is 19.4 Å². The fraction of sp³-hybridized carbons (Fsp3) is 0.385. The second-order valence-corrected chi connectivity index (χ2v) is 3.99. The Kier molecular flexibility index (Phi) is 3.50. The van der Waals surface area contributed by atoms with Crippen LogP contribution in [0.25, 0.3) is 11.0 Å². The van der Waals surface area contributed by atoms with Gasteiger partial charge in [0, 0.05) is 7.05 Å². The van der Waals surface area contributed by atoms with Crippen LogP contribution in [0.2, 0.25) is 0 Å². The summed E-state index contributed by atoms with van der Waals surface area (Å²) in [5.74, 6) is 0.422. The number of hydrogen-bond donors (Lipinski definition) is 1. The number of carbonyl (C=O) groups excluding carboxylic acids is 1. The molecule has 0 fully saturated rings. The van der Waals surface area contributed by atoms with Crippen molar-refractivity contribution >= 4 is 23.0 Å². The number of anilines is 1. The number of para-hydroxylation sites is 2. The molecule has 1 unspecified atom stereocenters. The Balaban J connectivity index is 2.63. The number of nitrogens with zero attached hydrogens (tertiary/aromatic N) is 2. The summed E-state index contributed by atoms with van der Waals surface area (Å²) in [5.41, 5.74) is 1.79. The molecule has 5 nitrogen and oxygen atoms in total. The van der Waals surface area contributed by atoms with E-state index < -0.39 is 0 Å². The number of hydrogen-bond acceptors (Lipinski definition) is 4. The van der Waals surface area contributed by atoms with Crippen LogP contribution in [0, 0.1) is 0 Å². The van der Waals surface area contributed by atoms with Gasteiger partial charge in [0.2, 0.25) is 5.95 Å². The number of esters is 1. The van der Waals surface area contributed by atoms with Crippen molar-refractivity contribution in [2.45, 2.75) is 19.4 Å². The van der Waals surface area contributed by atoms with Gasteiger partial charge in [-0.15, -0.1) is 0 Å². The van der Waals surface area contributed by atoms with Crippen molar-refractivity contribution in [1.82, 2.24) is 9.55 Å². The normalized spacial score (nSPS) is 12.4. The monoisotopic (exact) mass is 247 g/mol. The number of benzene rings is 1. The molecule has 0 aliphatic rings. The molecule has 0 saturated heterocycles. The summed E-state index contributed by atoms with van der Waals surface area (Å²) in [7, 11) is 3.20. The Labute approximate surface area is 106 Å². The Morgan fingerprint density at radius 1 is 1.50 bits per heavy atom. The fourth-order valence-corrected chi connectivity index (χ4v) is 2.13. The van der Waals surface area contributed by atoms with Crippen LogP contribution in [0.15, 0.2) is 24.3 Å². The van der Waals surface area contributed by atoms with Gasteiger partial charge in [-0.25, -0.2) is 9.78 Å². The van der Waals surface area contributed by atoms with Crippen LogP contribution < -0.4 is 5.32 Å². The number of fused-ring (bicyclic) bond motifs is 1. The Morgan fingerprint density at radius 2 is 2.22 bits per heavy atom. The lowest BCUT2D eigenvalue weighted by atomic mass is 10.2. The second kappa shape index (κ2) is 5.08. The molecule has 5 heteroatoms. The molecule has 1 atom stereocenters. The highest BCUT2D eigenvalue weighted by atomic mass is 16.5. The number of ether oxygens (including phenoxy) is 1. The van der Waals surface area contributed by atoms with E-state index in [0.29, 0.717) is 12.4 Å². The van der Waals surface area contributed by atoms with Crippen molar-refractivity contribution in [3.05, 3.63) is 24.3 Å². The van der Waals surface area contributed by atoms with Crippen molar-refractivity contribution in [3.8, 4) is 0 Å². The summed E-state index contributed by atoms with van der Waals surface area (Å²) in [5, 5.41) is 3.02. The zero-order valence-corrected chi connectivity index (χ0v) is 10.8. The summed E-state index contributed by atoms with van der Waals surface area (Å²) < 4.78 is 6.75. The van der Waals surface area contributed by atoms with Crippen molar-refractivity contribution in [3.63, 3.8) is 0 Å². The SMILES string of the molecule is CCC(C(=O)OC)n1c(NC)nc2ccccc21. The molecule has 2 rings (SSSR count). The van der Waals surface area contributed by atoms with Crippen LogP contribution in [0.4, 0.5) is 5.95 Å². The zero-order chi connectivity index (χ0) is 13.1. The largest absolute Gasteiger partial charge is 0.467 e. The van der Waals surface area contributed by atoms with Crippen molar-refractivity contribution in [1.29, 1.82) is 0 Å². The third-order valence-corrected chi connectivity index (χ3v) is 2.99. The molecule has 18 heavy (non-hydrogen) atoms. The zero-order valence-electron chi connectivity index (χ0n) is 10.8. The first-order valence-electron chi connectivity index (χ1n) is 5.95. The van der Waals surface area contributed by atoms with Gasteiger partial charge in [-0.05, 0) is 18.6 Å². The van der Waals surface area contributed by atoms with Crippen LogP contribution in [0.3, 0.4) is 0 Å². The third-order valence-electron chi connectivity index (χ3n) is 2.99. The van der Waals surface area contributed by atoms with Gasteiger partial charge >= 0.3 is 5.97 Å². The van der Waals surface area contributed by atoms with Crippen LogP contribution in [0.5, 0.6) is 0 Å². The number of methoxy groups -OCH3 is 1. The minimum atomic E-state index is -0.357. The number of nitrogens with one attached hydrogen (secondary N) is 1. The molecule has 1 heterocycles. The second-order valence-electron chi connectivity index (χ2n) is 3.99. The first-order valence-corrected chi connectivity index (χ1v) is 5.95. The first-order chi connectivity index (χ1) is 8.72. The maximum atomic E-state index is 11.9. The van der Waals surface area contributed by atoms with E-state index in [1.54, 1.807) is 7.05 Å². The van der Waals surface area contributed by atoms with Crippen molar-refractivity contribution in [2.24, 2.45) is 0 Å². The molecule has 0 radical (unpaired) electrons. The first kappa shape index (κ1) is 12.4. The molecule has 0 spiro atoms. The van der Waals surface area contributed by atoms with Gasteiger partial charge in [0.15, 0.2) is 0 Å². The van der Waals surface area contributed by atoms with Gasteiger partial charge in [0.25, 0.3) is 0 Å². The molecule has 0 aliphatic carbocycles. The standard InChI is InChI=1S/C13H17N3O2/c1-4-10(12(17)18-3)16-11-8-6-5-7-9(11)15-13(16)14-2/h5-8,10H,4H2,1-3H3,(H,14,15).